The Hall–Kier alpha value is -7.74. The van der Waals surface area contributed by atoms with Crippen LogP contribution in [0, 0.1) is 0 Å². The third kappa shape index (κ3) is 5.13. The molecule has 10 aromatic carbocycles. The van der Waals surface area contributed by atoms with Gasteiger partial charge in [0.15, 0.2) is 0 Å². The molecule has 1 nitrogen and oxygen atoms in total. The number of para-hydroxylation sites is 1. The molecule has 0 radical (unpaired) electrons. The van der Waals surface area contributed by atoms with E-state index in [1.165, 1.54) is 88.7 Å². The standard InChI is InChI=1S/C59H39N/c1-3-17-40(18-4-1)41-31-33-45(34-32-41)60(58-30-16-13-23-47(58)42-19-5-2-6-20-42)46-35-36-56-53(39-46)49-25-10-9-24-48(49)50-26-11-14-28-54(50)59(56)55-29-15-12-27-51(55)52-37-43-21-7-8-22-44(43)38-57(52)59/h1-39H. The van der Waals surface area contributed by atoms with Crippen molar-refractivity contribution in [1.29, 1.82) is 0 Å². The molecule has 1 spiro atoms. The molecule has 0 N–H and O–H groups in total. The zero-order chi connectivity index (χ0) is 39.6. The van der Waals surface area contributed by atoms with Gasteiger partial charge in [-0.25, -0.2) is 0 Å². The summed E-state index contributed by atoms with van der Waals surface area (Å²) in [6.45, 7) is 0. The quantitative estimate of drug-likeness (QED) is 0.169. The van der Waals surface area contributed by atoms with E-state index in [1.807, 2.05) is 0 Å². The molecule has 0 bridgehead atoms. The van der Waals surface area contributed by atoms with Crippen LogP contribution in [0.1, 0.15) is 22.3 Å². The van der Waals surface area contributed by atoms with Crippen molar-refractivity contribution in [1.82, 2.24) is 0 Å². The van der Waals surface area contributed by atoms with Gasteiger partial charge in [-0.1, -0.05) is 194 Å². The Kier molecular flexibility index (Phi) is 7.83. The monoisotopic (exact) mass is 761 g/mol. The first-order valence-electron chi connectivity index (χ1n) is 20.8. The fraction of sp³-hybridized carbons (Fsp3) is 0.0169. The molecule has 2 aliphatic carbocycles. The first-order chi connectivity index (χ1) is 29.8. The van der Waals surface area contributed by atoms with Gasteiger partial charge in [0.05, 0.1) is 11.1 Å². The molecule has 0 aliphatic heterocycles. The van der Waals surface area contributed by atoms with Crippen molar-refractivity contribution in [3.63, 3.8) is 0 Å². The van der Waals surface area contributed by atoms with Crippen LogP contribution in [0.25, 0.3) is 66.4 Å². The fourth-order valence-corrected chi connectivity index (χ4v) is 10.3. The van der Waals surface area contributed by atoms with Gasteiger partial charge in [-0.05, 0) is 126 Å². The molecule has 2 aliphatic rings. The summed E-state index contributed by atoms with van der Waals surface area (Å²) in [6, 6.07) is 87.6. The fourth-order valence-electron chi connectivity index (χ4n) is 10.3. The predicted molar refractivity (Wildman–Crippen MR) is 251 cm³/mol. The van der Waals surface area contributed by atoms with Gasteiger partial charge in [0.1, 0.15) is 0 Å². The van der Waals surface area contributed by atoms with Crippen molar-refractivity contribution in [2.75, 3.05) is 4.90 Å². The summed E-state index contributed by atoms with van der Waals surface area (Å²) in [6.07, 6.45) is 0. The lowest BCUT2D eigenvalue weighted by atomic mass is 9.65. The van der Waals surface area contributed by atoms with Gasteiger partial charge >= 0.3 is 0 Å². The Bertz CT molecular complexity index is 3250. The van der Waals surface area contributed by atoms with E-state index in [1.54, 1.807) is 0 Å². The molecular formula is C59H39N. The van der Waals surface area contributed by atoms with Gasteiger partial charge in [-0.3, -0.25) is 0 Å². The number of hydrogen-bond donors (Lipinski definition) is 0. The second-order valence-electron chi connectivity index (χ2n) is 16.0. The molecule has 10 aromatic rings. The molecular weight excluding hydrogens is 723 g/mol. The lowest BCUT2D eigenvalue weighted by Gasteiger charge is -2.36. The third-order valence-corrected chi connectivity index (χ3v) is 12.9. The SMILES string of the molecule is c1ccc(-c2ccc(N(c3ccc4c(c3)-c3ccccc3-c3ccccc3C43c4ccccc4-c4cc5ccccc5cc43)c3ccccc3-c3ccccc3)cc2)cc1. The highest BCUT2D eigenvalue weighted by Gasteiger charge is 2.50. The van der Waals surface area contributed by atoms with Gasteiger partial charge in [0, 0.05) is 16.9 Å². The molecule has 0 amide bonds. The zero-order valence-corrected chi connectivity index (χ0v) is 33.0. The van der Waals surface area contributed by atoms with Crippen molar-refractivity contribution < 1.29 is 0 Å². The van der Waals surface area contributed by atoms with Crippen molar-refractivity contribution in [2.24, 2.45) is 0 Å². The number of nitrogens with zero attached hydrogens (tertiary/aromatic N) is 1. The van der Waals surface area contributed by atoms with Gasteiger partial charge in [0.2, 0.25) is 0 Å². The van der Waals surface area contributed by atoms with Crippen LogP contribution < -0.4 is 4.90 Å². The van der Waals surface area contributed by atoms with E-state index in [0.29, 0.717) is 0 Å². The minimum absolute atomic E-state index is 0.566. The molecule has 0 saturated heterocycles. The maximum absolute atomic E-state index is 2.48. The van der Waals surface area contributed by atoms with E-state index in [9.17, 15) is 0 Å². The van der Waals surface area contributed by atoms with Crippen LogP contribution in [0.15, 0.2) is 237 Å². The minimum atomic E-state index is -0.566. The number of benzene rings is 10. The Morgan fingerprint density at radius 1 is 0.250 bits per heavy atom. The van der Waals surface area contributed by atoms with E-state index < -0.39 is 5.41 Å². The van der Waals surface area contributed by atoms with Gasteiger partial charge in [-0.2, -0.15) is 0 Å². The molecule has 0 saturated carbocycles. The Morgan fingerprint density at radius 2 is 0.700 bits per heavy atom. The molecule has 0 aromatic heterocycles. The number of fused-ring (bicyclic) bond motifs is 13. The van der Waals surface area contributed by atoms with Crippen molar-refractivity contribution in [2.45, 2.75) is 5.41 Å². The molecule has 12 rings (SSSR count). The summed E-state index contributed by atoms with van der Waals surface area (Å²) >= 11 is 0. The second kappa shape index (κ2) is 13.7. The van der Waals surface area contributed by atoms with E-state index in [2.05, 4.69) is 241 Å². The second-order valence-corrected chi connectivity index (χ2v) is 16.0. The molecule has 0 fully saturated rings. The highest BCUT2D eigenvalue weighted by molar-refractivity contribution is 6.02. The summed E-state index contributed by atoms with van der Waals surface area (Å²) in [7, 11) is 0. The van der Waals surface area contributed by atoms with Crippen LogP contribution in [0.2, 0.25) is 0 Å². The predicted octanol–water partition coefficient (Wildman–Crippen LogP) is 15.7. The summed E-state index contributed by atoms with van der Waals surface area (Å²) in [5.74, 6) is 0. The molecule has 60 heavy (non-hydrogen) atoms. The first kappa shape index (κ1) is 34.3. The highest BCUT2D eigenvalue weighted by Crippen LogP contribution is 2.62. The topological polar surface area (TPSA) is 3.24 Å². The average Bonchev–Trinajstić information content (AvgIpc) is 3.55. The molecule has 0 heterocycles. The van der Waals surface area contributed by atoms with E-state index in [0.717, 1.165) is 17.1 Å². The summed E-state index contributed by atoms with van der Waals surface area (Å²) in [4.78, 5) is 2.45. The summed E-state index contributed by atoms with van der Waals surface area (Å²) < 4.78 is 0. The largest absolute Gasteiger partial charge is 0.310 e. The maximum Gasteiger partial charge on any atom is 0.0725 e. The van der Waals surface area contributed by atoms with Gasteiger partial charge in [0.25, 0.3) is 0 Å². The minimum Gasteiger partial charge on any atom is -0.310 e. The first-order valence-corrected chi connectivity index (χ1v) is 20.8. The van der Waals surface area contributed by atoms with Gasteiger partial charge < -0.3 is 4.90 Å². The summed E-state index contributed by atoms with van der Waals surface area (Å²) in [5, 5.41) is 2.51. The highest BCUT2D eigenvalue weighted by atomic mass is 15.1. The number of anilines is 3. The van der Waals surface area contributed by atoms with Crippen LogP contribution >= 0.6 is 0 Å². The number of hydrogen-bond acceptors (Lipinski definition) is 1. The lowest BCUT2D eigenvalue weighted by Crippen LogP contribution is -2.29. The van der Waals surface area contributed by atoms with Crippen molar-refractivity contribution in [3.05, 3.63) is 259 Å². The third-order valence-electron chi connectivity index (χ3n) is 12.9. The molecule has 1 unspecified atom stereocenters. The molecule has 280 valence electrons. The van der Waals surface area contributed by atoms with Crippen molar-refractivity contribution in [3.8, 4) is 55.6 Å². The Morgan fingerprint density at radius 3 is 1.38 bits per heavy atom. The Labute approximate surface area is 351 Å². The molecule has 1 heteroatoms. The van der Waals surface area contributed by atoms with E-state index in [-0.39, 0.29) is 0 Å². The van der Waals surface area contributed by atoms with Crippen LogP contribution in [0.5, 0.6) is 0 Å². The maximum atomic E-state index is 2.48. The van der Waals surface area contributed by atoms with Crippen LogP contribution in [-0.4, -0.2) is 0 Å². The lowest BCUT2D eigenvalue weighted by molar-refractivity contribution is 0.776. The van der Waals surface area contributed by atoms with Crippen LogP contribution in [0.4, 0.5) is 17.1 Å². The summed E-state index contributed by atoms with van der Waals surface area (Å²) in [5.41, 5.74) is 20.4. The normalized spacial score (nSPS) is 14.4. The Balaban J connectivity index is 1.16. The van der Waals surface area contributed by atoms with Gasteiger partial charge in [-0.15, -0.1) is 0 Å². The van der Waals surface area contributed by atoms with Crippen LogP contribution in [0.3, 0.4) is 0 Å². The smallest absolute Gasteiger partial charge is 0.0725 e. The number of rotatable bonds is 5. The van der Waals surface area contributed by atoms with Crippen molar-refractivity contribution >= 4 is 27.8 Å². The van der Waals surface area contributed by atoms with E-state index >= 15 is 0 Å². The molecule has 1 atom stereocenters. The zero-order valence-electron chi connectivity index (χ0n) is 33.0. The average molecular weight is 762 g/mol. The van der Waals surface area contributed by atoms with Crippen LogP contribution in [-0.2, 0) is 5.41 Å². The van der Waals surface area contributed by atoms with E-state index in [4.69, 9.17) is 0 Å².